The summed E-state index contributed by atoms with van der Waals surface area (Å²) in [7, 11) is 0. The normalized spacial score (nSPS) is 17.6. The molecule has 1 heterocycles. The minimum Gasteiger partial charge on any atom is -0.346 e. The topological polar surface area (TPSA) is 18.5 Å². The Labute approximate surface area is 96.3 Å². The van der Waals surface area contributed by atoms with Crippen LogP contribution >= 0.6 is 27.5 Å². The third-order valence-corrected chi connectivity index (χ3v) is 3.08. The molecule has 1 saturated heterocycles. The summed E-state index contributed by atoms with van der Waals surface area (Å²) in [5.41, 5.74) is 2.02. The van der Waals surface area contributed by atoms with E-state index in [1.807, 2.05) is 19.1 Å². The van der Waals surface area contributed by atoms with Crippen LogP contribution in [0.3, 0.4) is 0 Å². The van der Waals surface area contributed by atoms with E-state index in [1.54, 1.807) is 0 Å². The zero-order valence-electron chi connectivity index (χ0n) is 7.72. The molecule has 76 valence electrons. The lowest BCUT2D eigenvalue weighted by molar-refractivity contribution is -0.0445. The van der Waals surface area contributed by atoms with Crippen molar-refractivity contribution in [2.24, 2.45) is 0 Å². The van der Waals surface area contributed by atoms with E-state index in [0.717, 1.165) is 20.6 Å². The Balaban J connectivity index is 2.40. The number of rotatable bonds is 1. The van der Waals surface area contributed by atoms with E-state index in [-0.39, 0.29) is 6.29 Å². The molecular formula is C10H10BrClO2. The van der Waals surface area contributed by atoms with Crippen LogP contribution in [0.15, 0.2) is 16.6 Å². The molecule has 0 atom stereocenters. The molecule has 1 fully saturated rings. The van der Waals surface area contributed by atoms with Gasteiger partial charge >= 0.3 is 0 Å². The van der Waals surface area contributed by atoms with E-state index in [2.05, 4.69) is 15.9 Å². The second kappa shape index (κ2) is 4.19. The first-order valence-electron chi connectivity index (χ1n) is 4.37. The second-order valence-corrected chi connectivity index (χ2v) is 4.50. The monoisotopic (exact) mass is 276 g/mol. The summed E-state index contributed by atoms with van der Waals surface area (Å²) in [6.45, 7) is 3.26. The Hall–Kier alpha value is -0.0900. The van der Waals surface area contributed by atoms with Gasteiger partial charge in [0.25, 0.3) is 0 Å². The van der Waals surface area contributed by atoms with Gasteiger partial charge < -0.3 is 9.47 Å². The number of benzene rings is 1. The summed E-state index contributed by atoms with van der Waals surface area (Å²) in [6, 6.07) is 3.85. The predicted molar refractivity (Wildman–Crippen MR) is 58.5 cm³/mol. The van der Waals surface area contributed by atoms with Crippen molar-refractivity contribution in [1.82, 2.24) is 0 Å². The zero-order chi connectivity index (χ0) is 10.1. The van der Waals surface area contributed by atoms with Gasteiger partial charge in [0, 0.05) is 15.1 Å². The maximum absolute atomic E-state index is 6.06. The van der Waals surface area contributed by atoms with Gasteiger partial charge in [0.15, 0.2) is 6.29 Å². The quantitative estimate of drug-likeness (QED) is 0.783. The van der Waals surface area contributed by atoms with Crippen LogP contribution < -0.4 is 0 Å². The molecule has 0 spiro atoms. The zero-order valence-corrected chi connectivity index (χ0v) is 10.1. The van der Waals surface area contributed by atoms with Crippen molar-refractivity contribution in [3.63, 3.8) is 0 Å². The van der Waals surface area contributed by atoms with Gasteiger partial charge in [-0.1, -0.05) is 27.5 Å². The highest BCUT2D eigenvalue weighted by Crippen LogP contribution is 2.32. The molecular weight excluding hydrogens is 267 g/mol. The average Bonchev–Trinajstić information content (AvgIpc) is 2.63. The van der Waals surface area contributed by atoms with Crippen LogP contribution in [0.4, 0.5) is 0 Å². The fourth-order valence-electron chi connectivity index (χ4n) is 1.45. The molecule has 2 rings (SSSR count). The maximum atomic E-state index is 6.06. The van der Waals surface area contributed by atoms with Crippen LogP contribution in [0, 0.1) is 6.92 Å². The minimum atomic E-state index is -0.259. The van der Waals surface area contributed by atoms with Gasteiger partial charge in [-0.15, -0.1) is 0 Å². The molecule has 1 aromatic rings. The van der Waals surface area contributed by atoms with Gasteiger partial charge in [-0.25, -0.2) is 0 Å². The summed E-state index contributed by atoms with van der Waals surface area (Å²) in [4.78, 5) is 0. The van der Waals surface area contributed by atoms with Crippen LogP contribution in [-0.4, -0.2) is 13.2 Å². The van der Waals surface area contributed by atoms with E-state index >= 15 is 0 Å². The van der Waals surface area contributed by atoms with Gasteiger partial charge in [-0.2, -0.15) is 0 Å². The first-order chi connectivity index (χ1) is 6.68. The molecule has 1 aromatic carbocycles. The highest BCUT2D eigenvalue weighted by molar-refractivity contribution is 9.10. The first-order valence-corrected chi connectivity index (χ1v) is 5.54. The fraction of sp³-hybridized carbons (Fsp3) is 0.400. The molecule has 0 radical (unpaired) electrons. The highest BCUT2D eigenvalue weighted by atomic mass is 79.9. The van der Waals surface area contributed by atoms with Crippen molar-refractivity contribution in [3.05, 3.63) is 32.8 Å². The summed E-state index contributed by atoms with van der Waals surface area (Å²) in [5, 5.41) is 0.730. The van der Waals surface area contributed by atoms with E-state index in [9.17, 15) is 0 Å². The SMILES string of the molecule is Cc1c(Cl)cc(Br)cc1C1OCCO1. The van der Waals surface area contributed by atoms with Gasteiger partial charge in [0.05, 0.1) is 13.2 Å². The average molecular weight is 278 g/mol. The van der Waals surface area contributed by atoms with Crippen molar-refractivity contribution in [1.29, 1.82) is 0 Å². The molecule has 0 bridgehead atoms. The molecule has 0 aromatic heterocycles. The Morgan fingerprint density at radius 2 is 2.00 bits per heavy atom. The summed E-state index contributed by atoms with van der Waals surface area (Å²) >= 11 is 9.46. The van der Waals surface area contributed by atoms with Gasteiger partial charge in [-0.3, -0.25) is 0 Å². The van der Waals surface area contributed by atoms with E-state index in [0.29, 0.717) is 13.2 Å². The van der Waals surface area contributed by atoms with Gasteiger partial charge in [-0.05, 0) is 24.6 Å². The Morgan fingerprint density at radius 1 is 1.36 bits per heavy atom. The summed E-state index contributed by atoms with van der Waals surface area (Å²) < 4.78 is 11.8. The van der Waals surface area contributed by atoms with Crippen molar-refractivity contribution < 1.29 is 9.47 Å². The first kappa shape index (κ1) is 10.4. The minimum absolute atomic E-state index is 0.259. The van der Waals surface area contributed by atoms with Crippen LogP contribution in [-0.2, 0) is 9.47 Å². The standard InChI is InChI=1S/C10H10BrClO2/c1-6-8(10-13-2-3-14-10)4-7(11)5-9(6)12/h4-5,10H,2-3H2,1H3. The smallest absolute Gasteiger partial charge is 0.184 e. The number of halogens is 2. The Kier molecular flexibility index (Phi) is 3.12. The van der Waals surface area contributed by atoms with E-state index in [1.165, 1.54) is 0 Å². The van der Waals surface area contributed by atoms with Crippen molar-refractivity contribution in [2.45, 2.75) is 13.2 Å². The molecule has 1 aliphatic rings. The molecule has 14 heavy (non-hydrogen) atoms. The molecule has 0 saturated carbocycles. The lowest BCUT2D eigenvalue weighted by atomic mass is 10.1. The van der Waals surface area contributed by atoms with Crippen LogP contribution in [0.5, 0.6) is 0 Å². The third-order valence-electron chi connectivity index (χ3n) is 2.22. The lowest BCUT2D eigenvalue weighted by Gasteiger charge is -2.13. The summed E-state index contributed by atoms with van der Waals surface area (Å²) in [5.74, 6) is 0. The van der Waals surface area contributed by atoms with Crippen LogP contribution in [0.1, 0.15) is 17.4 Å². The van der Waals surface area contributed by atoms with Gasteiger partial charge in [0.2, 0.25) is 0 Å². The number of hydrogen-bond donors (Lipinski definition) is 0. The highest BCUT2D eigenvalue weighted by Gasteiger charge is 2.21. The van der Waals surface area contributed by atoms with E-state index < -0.39 is 0 Å². The molecule has 4 heteroatoms. The fourth-order valence-corrected chi connectivity index (χ4v) is 2.28. The molecule has 0 N–H and O–H groups in total. The van der Waals surface area contributed by atoms with E-state index in [4.69, 9.17) is 21.1 Å². The Bertz CT molecular complexity index is 348. The molecule has 0 amide bonds. The lowest BCUT2D eigenvalue weighted by Crippen LogP contribution is -2.01. The van der Waals surface area contributed by atoms with Crippen molar-refractivity contribution in [2.75, 3.05) is 13.2 Å². The second-order valence-electron chi connectivity index (χ2n) is 3.18. The third kappa shape index (κ3) is 1.96. The Morgan fingerprint density at radius 3 is 2.64 bits per heavy atom. The molecule has 1 aliphatic heterocycles. The largest absolute Gasteiger partial charge is 0.346 e. The molecule has 0 aliphatic carbocycles. The van der Waals surface area contributed by atoms with Crippen LogP contribution in [0.25, 0.3) is 0 Å². The number of ether oxygens (including phenoxy) is 2. The maximum Gasteiger partial charge on any atom is 0.184 e. The molecule has 2 nitrogen and oxygen atoms in total. The predicted octanol–water partition coefficient (Wildman–Crippen LogP) is 3.46. The van der Waals surface area contributed by atoms with Crippen molar-refractivity contribution >= 4 is 27.5 Å². The van der Waals surface area contributed by atoms with Crippen molar-refractivity contribution in [3.8, 4) is 0 Å². The molecule has 0 unspecified atom stereocenters. The van der Waals surface area contributed by atoms with Crippen LogP contribution in [0.2, 0.25) is 5.02 Å². The number of hydrogen-bond acceptors (Lipinski definition) is 2. The summed E-state index contributed by atoms with van der Waals surface area (Å²) in [6.07, 6.45) is -0.259. The van der Waals surface area contributed by atoms with Gasteiger partial charge in [0.1, 0.15) is 0 Å².